The summed E-state index contributed by atoms with van der Waals surface area (Å²) in [6.07, 6.45) is 3.73. The van der Waals surface area contributed by atoms with Crippen molar-refractivity contribution in [1.82, 2.24) is 14.9 Å². The molecule has 0 amide bonds. The number of hydrogen-bond acceptors (Lipinski definition) is 3. The Labute approximate surface area is 108 Å². The molecule has 0 saturated carbocycles. The fraction of sp³-hybridized carbons (Fsp3) is 0.385. The minimum atomic E-state index is -1.33. The topological polar surface area (TPSA) is 43.9 Å². The van der Waals surface area contributed by atoms with Crippen molar-refractivity contribution in [2.45, 2.75) is 33.1 Å². The molecule has 0 aliphatic heterocycles. The van der Waals surface area contributed by atoms with Crippen LogP contribution in [0.5, 0.6) is 0 Å². The van der Waals surface area contributed by atoms with Crippen LogP contribution >= 0.6 is 0 Å². The lowest BCUT2D eigenvalue weighted by Gasteiger charge is -2.02. The molecule has 0 bridgehead atoms. The molecule has 4 nitrogen and oxygen atoms in total. The lowest BCUT2D eigenvalue weighted by molar-refractivity contribution is 0.387. The Hall–Kier alpha value is -1.80. The summed E-state index contributed by atoms with van der Waals surface area (Å²) in [5.74, 6) is 4.00. The number of aromatic nitrogens is 3. The summed E-state index contributed by atoms with van der Waals surface area (Å²) >= 11 is 0. The van der Waals surface area contributed by atoms with Crippen LogP contribution < -0.4 is 0 Å². The first kappa shape index (κ1) is 12.6. The number of aryl methyl sites for hydroxylation is 1. The zero-order chi connectivity index (χ0) is 13.2. The predicted molar refractivity (Wildman–Crippen MR) is 72.8 cm³/mol. The van der Waals surface area contributed by atoms with E-state index in [1.807, 2.05) is 23.9 Å². The summed E-state index contributed by atoms with van der Waals surface area (Å²) in [6.45, 7) is 9.17. The van der Waals surface area contributed by atoms with Crippen LogP contribution in [-0.2, 0) is 6.54 Å². The monoisotopic (exact) mass is 259 g/mol. The predicted octanol–water partition coefficient (Wildman–Crippen LogP) is 2.46. The normalized spacial score (nSPS) is 11.1. The SMILES string of the molecule is Cc1cc(Cn2cc(C#C[Si](C)(C)C)cn2)no1. The molecule has 0 unspecified atom stereocenters. The van der Waals surface area contributed by atoms with Crippen molar-refractivity contribution in [1.29, 1.82) is 0 Å². The van der Waals surface area contributed by atoms with Crippen LogP contribution in [0.4, 0.5) is 0 Å². The lowest BCUT2D eigenvalue weighted by Crippen LogP contribution is -2.16. The third-order valence-corrected chi connectivity index (χ3v) is 3.09. The number of hydrogen-bond donors (Lipinski definition) is 0. The molecular formula is C13H17N3OSi. The van der Waals surface area contributed by atoms with E-state index >= 15 is 0 Å². The van der Waals surface area contributed by atoms with E-state index < -0.39 is 8.07 Å². The summed E-state index contributed by atoms with van der Waals surface area (Å²) in [6, 6.07) is 1.91. The molecule has 5 heteroatoms. The molecule has 0 aliphatic carbocycles. The minimum absolute atomic E-state index is 0.617. The number of nitrogens with zero attached hydrogens (tertiary/aromatic N) is 3. The molecule has 94 valence electrons. The maximum atomic E-state index is 5.02. The van der Waals surface area contributed by atoms with Crippen molar-refractivity contribution in [3.8, 4) is 11.5 Å². The van der Waals surface area contributed by atoms with Crippen molar-refractivity contribution in [2.75, 3.05) is 0 Å². The van der Waals surface area contributed by atoms with E-state index in [4.69, 9.17) is 4.52 Å². The zero-order valence-electron chi connectivity index (χ0n) is 11.2. The fourth-order valence-corrected chi connectivity index (χ4v) is 1.95. The average molecular weight is 259 g/mol. The van der Waals surface area contributed by atoms with Gasteiger partial charge in [-0.1, -0.05) is 30.7 Å². The van der Waals surface area contributed by atoms with E-state index in [-0.39, 0.29) is 0 Å². The highest BCUT2D eigenvalue weighted by atomic mass is 28.3. The Balaban J connectivity index is 2.08. The molecule has 0 radical (unpaired) electrons. The van der Waals surface area contributed by atoms with Gasteiger partial charge < -0.3 is 4.52 Å². The second-order valence-corrected chi connectivity index (χ2v) is 10.1. The summed E-state index contributed by atoms with van der Waals surface area (Å²) in [5.41, 5.74) is 5.15. The molecule has 0 N–H and O–H groups in total. The fourth-order valence-electron chi connectivity index (χ4n) is 1.43. The van der Waals surface area contributed by atoms with E-state index in [0.717, 1.165) is 17.0 Å². The van der Waals surface area contributed by atoms with Crippen LogP contribution in [0, 0.1) is 18.4 Å². The highest BCUT2D eigenvalue weighted by Gasteiger charge is 2.08. The lowest BCUT2D eigenvalue weighted by atomic mass is 10.3. The first-order valence-electron chi connectivity index (χ1n) is 5.90. The largest absolute Gasteiger partial charge is 0.361 e. The van der Waals surface area contributed by atoms with E-state index in [1.165, 1.54) is 0 Å². The summed E-state index contributed by atoms with van der Waals surface area (Å²) in [5, 5.41) is 8.21. The van der Waals surface area contributed by atoms with Gasteiger partial charge in [-0.3, -0.25) is 4.68 Å². The maximum Gasteiger partial charge on any atom is 0.133 e. The highest BCUT2D eigenvalue weighted by Crippen LogP contribution is 2.05. The van der Waals surface area contributed by atoms with Crippen molar-refractivity contribution in [3.63, 3.8) is 0 Å². The molecule has 18 heavy (non-hydrogen) atoms. The van der Waals surface area contributed by atoms with E-state index in [9.17, 15) is 0 Å². The van der Waals surface area contributed by atoms with Gasteiger partial charge in [0.05, 0.1) is 18.3 Å². The average Bonchev–Trinajstić information content (AvgIpc) is 2.85. The van der Waals surface area contributed by atoms with Gasteiger partial charge >= 0.3 is 0 Å². The van der Waals surface area contributed by atoms with Crippen molar-refractivity contribution >= 4 is 8.07 Å². The standard InChI is InChI=1S/C13H17N3OSi/c1-11-7-13(15-17-11)10-16-9-12(8-14-16)5-6-18(2,3)4/h7-9H,10H2,1-4H3. The van der Waals surface area contributed by atoms with Crippen LogP contribution in [0.25, 0.3) is 0 Å². The zero-order valence-corrected chi connectivity index (χ0v) is 12.2. The van der Waals surface area contributed by atoms with Gasteiger partial charge in [-0.2, -0.15) is 5.10 Å². The molecule has 0 saturated heterocycles. The van der Waals surface area contributed by atoms with Gasteiger partial charge in [-0.05, 0) is 6.92 Å². The molecule has 0 atom stereocenters. The summed E-state index contributed by atoms with van der Waals surface area (Å²) < 4.78 is 6.85. The molecule has 0 fully saturated rings. The van der Waals surface area contributed by atoms with Crippen LogP contribution in [0.15, 0.2) is 23.0 Å². The highest BCUT2D eigenvalue weighted by molar-refractivity contribution is 6.83. The summed E-state index contributed by atoms with van der Waals surface area (Å²) in [7, 11) is -1.33. The van der Waals surface area contributed by atoms with Crippen LogP contribution in [0.3, 0.4) is 0 Å². The van der Waals surface area contributed by atoms with Gasteiger partial charge in [0.15, 0.2) is 0 Å². The molecule has 2 aromatic heterocycles. The van der Waals surface area contributed by atoms with E-state index in [2.05, 4.69) is 41.4 Å². The van der Waals surface area contributed by atoms with Crippen LogP contribution in [0.1, 0.15) is 17.0 Å². The smallest absolute Gasteiger partial charge is 0.133 e. The summed E-state index contributed by atoms with van der Waals surface area (Å²) in [4.78, 5) is 0. The molecule has 2 rings (SSSR count). The van der Waals surface area contributed by atoms with Gasteiger partial charge in [0.2, 0.25) is 0 Å². The van der Waals surface area contributed by atoms with Gasteiger partial charge in [-0.15, -0.1) is 5.54 Å². The van der Waals surface area contributed by atoms with Crippen molar-refractivity contribution in [2.24, 2.45) is 0 Å². The Morgan fingerprint density at radius 1 is 1.39 bits per heavy atom. The van der Waals surface area contributed by atoms with Crippen LogP contribution in [-0.4, -0.2) is 23.0 Å². The minimum Gasteiger partial charge on any atom is -0.361 e. The van der Waals surface area contributed by atoms with Crippen molar-refractivity contribution in [3.05, 3.63) is 35.5 Å². The van der Waals surface area contributed by atoms with Gasteiger partial charge in [0.1, 0.15) is 19.5 Å². The molecule has 0 aliphatic rings. The van der Waals surface area contributed by atoms with Crippen LogP contribution in [0.2, 0.25) is 19.6 Å². The quantitative estimate of drug-likeness (QED) is 0.614. The van der Waals surface area contributed by atoms with Gasteiger partial charge in [0, 0.05) is 12.3 Å². The molecule has 2 aromatic rings. The Kier molecular flexibility index (Phi) is 3.39. The van der Waals surface area contributed by atoms with E-state index in [0.29, 0.717) is 6.54 Å². The molecule has 0 spiro atoms. The Morgan fingerprint density at radius 2 is 2.17 bits per heavy atom. The first-order chi connectivity index (χ1) is 8.42. The second-order valence-electron chi connectivity index (χ2n) is 5.36. The molecule has 0 aromatic carbocycles. The maximum absolute atomic E-state index is 5.02. The molecule has 2 heterocycles. The van der Waals surface area contributed by atoms with E-state index in [1.54, 1.807) is 6.20 Å². The van der Waals surface area contributed by atoms with Gasteiger partial charge in [-0.25, -0.2) is 0 Å². The van der Waals surface area contributed by atoms with Crippen molar-refractivity contribution < 1.29 is 4.52 Å². The third-order valence-electron chi connectivity index (χ3n) is 2.22. The Morgan fingerprint density at radius 3 is 2.78 bits per heavy atom. The molecular weight excluding hydrogens is 242 g/mol. The number of rotatable bonds is 2. The second kappa shape index (κ2) is 4.82. The third kappa shape index (κ3) is 3.60. The first-order valence-corrected chi connectivity index (χ1v) is 9.40. The van der Waals surface area contributed by atoms with Gasteiger partial charge in [0.25, 0.3) is 0 Å². The Bertz CT molecular complexity index is 596.